The number of rotatable bonds is 6. The van der Waals surface area contributed by atoms with Crippen LogP contribution in [0.2, 0.25) is 0 Å². The van der Waals surface area contributed by atoms with Gasteiger partial charge in [-0.05, 0) is 44.9 Å². The van der Waals surface area contributed by atoms with Gasteiger partial charge in [0.2, 0.25) is 5.91 Å². The van der Waals surface area contributed by atoms with Gasteiger partial charge in [0.15, 0.2) is 0 Å². The monoisotopic (exact) mass is 274 g/mol. The first-order chi connectivity index (χ1) is 9.43. The van der Waals surface area contributed by atoms with Crippen molar-refractivity contribution in [2.24, 2.45) is 0 Å². The summed E-state index contributed by atoms with van der Waals surface area (Å²) in [6.07, 6.45) is 2.74. The lowest BCUT2D eigenvalue weighted by molar-refractivity contribution is -0.116. The van der Waals surface area contributed by atoms with Crippen LogP contribution < -0.4 is 10.6 Å². The molecule has 0 aliphatic heterocycles. The summed E-state index contributed by atoms with van der Waals surface area (Å²) in [7, 11) is 0. The summed E-state index contributed by atoms with van der Waals surface area (Å²) in [4.78, 5) is 23.7. The third-order valence-corrected chi connectivity index (χ3v) is 2.76. The van der Waals surface area contributed by atoms with Gasteiger partial charge in [-0.15, -0.1) is 6.58 Å². The Morgan fingerprint density at radius 2 is 2.05 bits per heavy atom. The van der Waals surface area contributed by atoms with Crippen molar-refractivity contribution in [1.29, 1.82) is 0 Å². The number of allylic oxidation sites excluding steroid dienone is 1. The molecule has 0 saturated heterocycles. The van der Waals surface area contributed by atoms with E-state index in [1.807, 2.05) is 26.8 Å². The molecule has 0 aliphatic rings. The molecule has 1 aromatic rings. The second-order valence-electron chi connectivity index (χ2n) is 5.03. The molecule has 0 aromatic heterocycles. The molecule has 108 valence electrons. The number of anilines is 1. The van der Waals surface area contributed by atoms with Gasteiger partial charge in [0.1, 0.15) is 0 Å². The number of aryl methyl sites for hydroxylation is 1. The van der Waals surface area contributed by atoms with E-state index in [0.717, 1.165) is 5.56 Å². The van der Waals surface area contributed by atoms with Crippen LogP contribution in [-0.2, 0) is 4.79 Å². The summed E-state index contributed by atoms with van der Waals surface area (Å²) in [5, 5.41) is 5.64. The normalized spacial score (nSPS) is 10.2. The average molecular weight is 274 g/mol. The van der Waals surface area contributed by atoms with Crippen molar-refractivity contribution in [3.05, 3.63) is 42.0 Å². The highest BCUT2D eigenvalue weighted by Crippen LogP contribution is 2.16. The van der Waals surface area contributed by atoms with Crippen molar-refractivity contribution in [3.8, 4) is 0 Å². The minimum Gasteiger partial charge on any atom is -0.350 e. The smallest absolute Gasteiger partial charge is 0.251 e. The van der Waals surface area contributed by atoms with E-state index in [-0.39, 0.29) is 17.9 Å². The number of carbonyl (C=O) groups excluding carboxylic acids is 2. The van der Waals surface area contributed by atoms with Crippen LogP contribution in [0.5, 0.6) is 0 Å². The average Bonchev–Trinajstić information content (AvgIpc) is 2.37. The summed E-state index contributed by atoms with van der Waals surface area (Å²) in [6.45, 7) is 9.28. The summed E-state index contributed by atoms with van der Waals surface area (Å²) in [6, 6.07) is 5.41. The molecule has 0 bridgehead atoms. The largest absolute Gasteiger partial charge is 0.350 e. The Kier molecular flexibility index (Phi) is 5.97. The van der Waals surface area contributed by atoms with Crippen LogP contribution >= 0.6 is 0 Å². The number of amides is 2. The van der Waals surface area contributed by atoms with E-state index in [1.54, 1.807) is 18.2 Å². The standard InChI is InChI=1S/C16H22N2O2/c1-5-6-7-15(19)18-13-9-8-12(4)14(10-13)16(20)17-11(2)3/h5,8-11H,1,6-7H2,2-4H3,(H,17,20)(H,18,19). The van der Waals surface area contributed by atoms with Crippen LogP contribution in [0.1, 0.15) is 42.6 Å². The first kappa shape index (κ1) is 16.0. The summed E-state index contributed by atoms with van der Waals surface area (Å²) in [5.74, 6) is -0.205. The first-order valence-electron chi connectivity index (χ1n) is 6.76. The van der Waals surface area contributed by atoms with Crippen molar-refractivity contribution in [3.63, 3.8) is 0 Å². The summed E-state index contributed by atoms with van der Waals surface area (Å²) < 4.78 is 0. The molecule has 0 spiro atoms. The molecule has 0 heterocycles. The molecular weight excluding hydrogens is 252 g/mol. The van der Waals surface area contributed by atoms with Crippen molar-refractivity contribution in [2.45, 2.75) is 39.7 Å². The van der Waals surface area contributed by atoms with Gasteiger partial charge in [0.25, 0.3) is 5.91 Å². The lowest BCUT2D eigenvalue weighted by Crippen LogP contribution is -2.30. The lowest BCUT2D eigenvalue weighted by atomic mass is 10.1. The van der Waals surface area contributed by atoms with Gasteiger partial charge in [-0.25, -0.2) is 0 Å². The highest BCUT2D eigenvalue weighted by Gasteiger charge is 2.11. The lowest BCUT2D eigenvalue weighted by Gasteiger charge is -2.12. The van der Waals surface area contributed by atoms with Crippen LogP contribution in [0.3, 0.4) is 0 Å². The van der Waals surface area contributed by atoms with Crippen molar-refractivity contribution >= 4 is 17.5 Å². The Morgan fingerprint density at radius 3 is 2.65 bits per heavy atom. The van der Waals surface area contributed by atoms with Gasteiger partial charge in [-0.1, -0.05) is 12.1 Å². The Hall–Kier alpha value is -2.10. The predicted octanol–water partition coefficient (Wildman–Crippen LogP) is 3.04. The van der Waals surface area contributed by atoms with Crippen molar-refractivity contribution in [2.75, 3.05) is 5.32 Å². The molecule has 2 N–H and O–H groups in total. The van der Waals surface area contributed by atoms with Gasteiger partial charge in [-0.2, -0.15) is 0 Å². The number of nitrogens with one attached hydrogen (secondary N) is 2. The molecule has 2 amide bonds. The fourth-order valence-electron chi connectivity index (χ4n) is 1.74. The zero-order chi connectivity index (χ0) is 15.1. The topological polar surface area (TPSA) is 58.2 Å². The fourth-order valence-corrected chi connectivity index (χ4v) is 1.74. The molecule has 1 aromatic carbocycles. The molecule has 0 aliphatic carbocycles. The Bertz CT molecular complexity index is 507. The van der Waals surface area contributed by atoms with Gasteiger partial charge >= 0.3 is 0 Å². The van der Waals surface area contributed by atoms with E-state index in [0.29, 0.717) is 24.1 Å². The summed E-state index contributed by atoms with van der Waals surface area (Å²) in [5.41, 5.74) is 2.10. The third kappa shape index (κ3) is 4.88. The molecule has 0 atom stereocenters. The van der Waals surface area contributed by atoms with E-state index >= 15 is 0 Å². The molecular formula is C16H22N2O2. The molecule has 0 fully saturated rings. The van der Waals surface area contributed by atoms with Crippen LogP contribution in [0.4, 0.5) is 5.69 Å². The molecule has 0 radical (unpaired) electrons. The predicted molar refractivity (Wildman–Crippen MR) is 81.8 cm³/mol. The van der Waals surface area contributed by atoms with Crippen LogP contribution in [0.25, 0.3) is 0 Å². The molecule has 4 nitrogen and oxygen atoms in total. The highest BCUT2D eigenvalue weighted by molar-refractivity contribution is 5.98. The molecule has 1 rings (SSSR count). The van der Waals surface area contributed by atoms with E-state index in [1.165, 1.54) is 0 Å². The van der Waals surface area contributed by atoms with E-state index < -0.39 is 0 Å². The maximum atomic E-state index is 12.0. The Balaban J connectivity index is 2.83. The maximum Gasteiger partial charge on any atom is 0.251 e. The zero-order valence-electron chi connectivity index (χ0n) is 12.3. The SMILES string of the molecule is C=CCCC(=O)Nc1ccc(C)c(C(=O)NC(C)C)c1. The van der Waals surface area contributed by atoms with E-state index in [9.17, 15) is 9.59 Å². The van der Waals surface area contributed by atoms with Crippen LogP contribution in [0.15, 0.2) is 30.9 Å². The van der Waals surface area contributed by atoms with Gasteiger partial charge in [0.05, 0.1) is 0 Å². The number of hydrogen-bond acceptors (Lipinski definition) is 2. The Labute approximate surface area is 120 Å². The second kappa shape index (κ2) is 7.48. The van der Waals surface area contributed by atoms with E-state index in [2.05, 4.69) is 17.2 Å². The first-order valence-corrected chi connectivity index (χ1v) is 6.76. The van der Waals surface area contributed by atoms with E-state index in [4.69, 9.17) is 0 Å². The van der Waals surface area contributed by atoms with Crippen LogP contribution in [-0.4, -0.2) is 17.9 Å². The van der Waals surface area contributed by atoms with Gasteiger partial charge in [-0.3, -0.25) is 9.59 Å². The quantitative estimate of drug-likeness (QED) is 0.783. The highest BCUT2D eigenvalue weighted by atomic mass is 16.2. The number of carbonyl (C=O) groups is 2. The van der Waals surface area contributed by atoms with Crippen LogP contribution in [0, 0.1) is 6.92 Å². The third-order valence-electron chi connectivity index (χ3n) is 2.76. The molecule has 0 saturated carbocycles. The molecule has 20 heavy (non-hydrogen) atoms. The number of hydrogen-bond donors (Lipinski definition) is 2. The molecule has 0 unspecified atom stereocenters. The zero-order valence-corrected chi connectivity index (χ0v) is 12.3. The minimum atomic E-state index is -0.125. The number of benzene rings is 1. The maximum absolute atomic E-state index is 12.0. The van der Waals surface area contributed by atoms with Gasteiger partial charge in [0, 0.05) is 23.7 Å². The fraction of sp³-hybridized carbons (Fsp3) is 0.375. The summed E-state index contributed by atoms with van der Waals surface area (Å²) >= 11 is 0. The Morgan fingerprint density at radius 1 is 1.35 bits per heavy atom. The van der Waals surface area contributed by atoms with Crippen molar-refractivity contribution in [1.82, 2.24) is 5.32 Å². The second-order valence-corrected chi connectivity index (χ2v) is 5.03. The van der Waals surface area contributed by atoms with Crippen molar-refractivity contribution < 1.29 is 9.59 Å². The van der Waals surface area contributed by atoms with Gasteiger partial charge < -0.3 is 10.6 Å². The molecule has 4 heteroatoms. The minimum absolute atomic E-state index is 0.0766.